The Labute approximate surface area is 65.6 Å². The van der Waals surface area contributed by atoms with E-state index in [-0.39, 0.29) is 6.54 Å². The third-order valence-electron chi connectivity index (χ3n) is 1.85. The third kappa shape index (κ3) is 3.12. The van der Waals surface area contributed by atoms with E-state index in [9.17, 15) is 8.78 Å². The molecule has 0 bridgehead atoms. The SMILES string of the molecule is CC1CN(CC(F)F)CCN1. The Bertz CT molecular complexity index is 117. The summed E-state index contributed by atoms with van der Waals surface area (Å²) in [6.45, 7) is 4.25. The second-order valence-electron chi connectivity index (χ2n) is 3.01. The molecule has 1 fully saturated rings. The zero-order chi connectivity index (χ0) is 8.27. The van der Waals surface area contributed by atoms with Gasteiger partial charge in [0.05, 0.1) is 6.54 Å². The molecule has 1 aliphatic rings. The number of rotatable bonds is 2. The van der Waals surface area contributed by atoms with Crippen molar-refractivity contribution in [3.8, 4) is 0 Å². The molecule has 1 atom stereocenters. The first kappa shape index (κ1) is 8.87. The van der Waals surface area contributed by atoms with E-state index in [0.29, 0.717) is 6.04 Å². The summed E-state index contributed by atoms with van der Waals surface area (Å²) in [5.41, 5.74) is 0. The van der Waals surface area contributed by atoms with Crippen molar-refractivity contribution in [2.24, 2.45) is 0 Å². The number of nitrogens with zero attached hydrogens (tertiary/aromatic N) is 1. The van der Waals surface area contributed by atoms with E-state index in [1.807, 2.05) is 6.92 Å². The fourth-order valence-electron chi connectivity index (χ4n) is 1.37. The molecule has 1 unspecified atom stereocenters. The van der Waals surface area contributed by atoms with Crippen molar-refractivity contribution < 1.29 is 8.78 Å². The molecule has 0 saturated carbocycles. The van der Waals surface area contributed by atoms with E-state index < -0.39 is 6.43 Å². The highest BCUT2D eigenvalue weighted by Crippen LogP contribution is 2.02. The second kappa shape index (κ2) is 3.97. The summed E-state index contributed by atoms with van der Waals surface area (Å²) in [6.07, 6.45) is -2.19. The number of nitrogens with one attached hydrogen (secondary N) is 1. The molecule has 0 aliphatic carbocycles. The molecule has 0 aromatic carbocycles. The summed E-state index contributed by atoms with van der Waals surface area (Å²) in [7, 11) is 0. The molecule has 1 heterocycles. The van der Waals surface area contributed by atoms with E-state index >= 15 is 0 Å². The maximum atomic E-state index is 11.9. The van der Waals surface area contributed by atoms with Gasteiger partial charge in [0.1, 0.15) is 0 Å². The second-order valence-corrected chi connectivity index (χ2v) is 3.01. The van der Waals surface area contributed by atoms with Crippen molar-refractivity contribution in [2.45, 2.75) is 19.4 Å². The van der Waals surface area contributed by atoms with Gasteiger partial charge in [-0.25, -0.2) is 8.78 Å². The lowest BCUT2D eigenvalue weighted by atomic mass is 10.2. The van der Waals surface area contributed by atoms with E-state index in [1.165, 1.54) is 0 Å². The molecule has 1 rings (SSSR count). The lowest BCUT2D eigenvalue weighted by Gasteiger charge is -2.31. The highest BCUT2D eigenvalue weighted by Gasteiger charge is 2.18. The Hall–Kier alpha value is -0.220. The summed E-state index contributed by atoms with van der Waals surface area (Å²) in [5, 5.41) is 3.20. The summed E-state index contributed by atoms with van der Waals surface area (Å²) >= 11 is 0. The first-order valence-corrected chi connectivity index (χ1v) is 3.92. The molecule has 0 radical (unpaired) electrons. The maximum Gasteiger partial charge on any atom is 0.251 e. The monoisotopic (exact) mass is 164 g/mol. The van der Waals surface area contributed by atoms with Crippen molar-refractivity contribution >= 4 is 0 Å². The van der Waals surface area contributed by atoms with Gasteiger partial charge in [-0.05, 0) is 6.92 Å². The predicted molar refractivity (Wildman–Crippen MR) is 39.9 cm³/mol. The number of piperazine rings is 1. The van der Waals surface area contributed by atoms with Gasteiger partial charge in [0.15, 0.2) is 0 Å². The van der Waals surface area contributed by atoms with Crippen molar-refractivity contribution in [3.05, 3.63) is 0 Å². The Morgan fingerprint density at radius 1 is 1.64 bits per heavy atom. The zero-order valence-corrected chi connectivity index (χ0v) is 6.69. The number of alkyl halides is 2. The highest BCUT2D eigenvalue weighted by atomic mass is 19.3. The summed E-state index contributed by atoms with van der Waals surface area (Å²) in [6, 6.07) is 0.350. The minimum Gasteiger partial charge on any atom is -0.312 e. The average Bonchev–Trinajstić information content (AvgIpc) is 1.85. The van der Waals surface area contributed by atoms with Crippen LogP contribution in [0.1, 0.15) is 6.92 Å². The van der Waals surface area contributed by atoms with Crippen LogP contribution >= 0.6 is 0 Å². The van der Waals surface area contributed by atoms with Gasteiger partial charge in [-0.2, -0.15) is 0 Å². The lowest BCUT2D eigenvalue weighted by molar-refractivity contribution is 0.0747. The van der Waals surface area contributed by atoms with E-state index in [0.717, 1.165) is 19.6 Å². The Kier molecular flexibility index (Phi) is 3.20. The van der Waals surface area contributed by atoms with Gasteiger partial charge in [-0.1, -0.05) is 0 Å². The van der Waals surface area contributed by atoms with Gasteiger partial charge < -0.3 is 5.32 Å². The normalized spacial score (nSPS) is 27.8. The Balaban J connectivity index is 2.23. The van der Waals surface area contributed by atoms with Gasteiger partial charge >= 0.3 is 0 Å². The van der Waals surface area contributed by atoms with Gasteiger partial charge in [0.2, 0.25) is 0 Å². The molecule has 0 aromatic rings. The molecule has 1 N–H and O–H groups in total. The molecule has 0 aromatic heterocycles. The number of halogens is 2. The van der Waals surface area contributed by atoms with Crippen LogP contribution in [0, 0.1) is 0 Å². The fraction of sp³-hybridized carbons (Fsp3) is 1.00. The van der Waals surface area contributed by atoms with Gasteiger partial charge in [0, 0.05) is 25.7 Å². The largest absolute Gasteiger partial charge is 0.312 e. The third-order valence-corrected chi connectivity index (χ3v) is 1.85. The first-order valence-electron chi connectivity index (χ1n) is 3.92. The molecule has 0 spiro atoms. The Morgan fingerprint density at radius 2 is 2.36 bits per heavy atom. The van der Waals surface area contributed by atoms with Crippen LogP contribution in [0.3, 0.4) is 0 Å². The molecular formula is C7H14F2N2. The van der Waals surface area contributed by atoms with Gasteiger partial charge in [-0.3, -0.25) is 4.90 Å². The van der Waals surface area contributed by atoms with Crippen LogP contribution in [0.4, 0.5) is 8.78 Å². The summed E-state index contributed by atoms with van der Waals surface area (Å²) in [5.74, 6) is 0. The van der Waals surface area contributed by atoms with Crippen LogP contribution in [-0.4, -0.2) is 43.5 Å². The standard InChI is InChI=1S/C7H14F2N2/c1-6-4-11(3-2-10-6)5-7(8)9/h6-7,10H,2-5H2,1H3. The molecule has 1 saturated heterocycles. The topological polar surface area (TPSA) is 15.3 Å². The zero-order valence-electron chi connectivity index (χ0n) is 6.69. The van der Waals surface area contributed by atoms with Gasteiger partial charge in [-0.15, -0.1) is 0 Å². The van der Waals surface area contributed by atoms with Crippen molar-refractivity contribution in [2.75, 3.05) is 26.2 Å². The van der Waals surface area contributed by atoms with E-state index in [1.54, 1.807) is 4.90 Å². The summed E-state index contributed by atoms with van der Waals surface area (Å²) < 4.78 is 23.8. The van der Waals surface area contributed by atoms with Crippen LogP contribution < -0.4 is 5.32 Å². The molecule has 0 amide bonds. The summed E-state index contributed by atoms with van der Waals surface area (Å²) in [4.78, 5) is 1.80. The van der Waals surface area contributed by atoms with E-state index in [4.69, 9.17) is 0 Å². The van der Waals surface area contributed by atoms with Crippen LogP contribution in [-0.2, 0) is 0 Å². The number of hydrogen-bond donors (Lipinski definition) is 1. The van der Waals surface area contributed by atoms with Crippen molar-refractivity contribution in [1.29, 1.82) is 0 Å². The van der Waals surface area contributed by atoms with Gasteiger partial charge in [0.25, 0.3) is 6.43 Å². The van der Waals surface area contributed by atoms with Crippen molar-refractivity contribution in [1.82, 2.24) is 10.2 Å². The quantitative estimate of drug-likeness (QED) is 0.641. The van der Waals surface area contributed by atoms with E-state index in [2.05, 4.69) is 5.32 Å². The molecule has 2 nitrogen and oxygen atoms in total. The molecular weight excluding hydrogens is 150 g/mol. The molecule has 1 aliphatic heterocycles. The fourth-order valence-corrected chi connectivity index (χ4v) is 1.37. The van der Waals surface area contributed by atoms with Crippen LogP contribution in [0.2, 0.25) is 0 Å². The molecule has 4 heteroatoms. The predicted octanol–water partition coefficient (Wildman–Crippen LogP) is 0.545. The Morgan fingerprint density at radius 3 is 2.91 bits per heavy atom. The van der Waals surface area contributed by atoms with Crippen LogP contribution in [0.5, 0.6) is 0 Å². The number of hydrogen-bond acceptors (Lipinski definition) is 2. The van der Waals surface area contributed by atoms with Crippen LogP contribution in [0.15, 0.2) is 0 Å². The lowest BCUT2D eigenvalue weighted by Crippen LogP contribution is -2.50. The molecule has 66 valence electrons. The maximum absolute atomic E-state index is 11.9. The smallest absolute Gasteiger partial charge is 0.251 e. The molecule has 11 heavy (non-hydrogen) atoms. The minimum atomic E-state index is -2.19. The van der Waals surface area contributed by atoms with Crippen LogP contribution in [0.25, 0.3) is 0 Å². The van der Waals surface area contributed by atoms with Crippen molar-refractivity contribution in [3.63, 3.8) is 0 Å². The average molecular weight is 164 g/mol. The highest BCUT2D eigenvalue weighted by molar-refractivity contribution is 4.74. The minimum absolute atomic E-state index is 0.0774. The first-order chi connectivity index (χ1) is 5.18.